The molecule has 1 atom stereocenters. The summed E-state index contributed by atoms with van der Waals surface area (Å²) >= 11 is 0. The van der Waals surface area contributed by atoms with Crippen molar-refractivity contribution in [3.8, 4) is 11.5 Å². The van der Waals surface area contributed by atoms with Crippen molar-refractivity contribution in [2.24, 2.45) is 0 Å². The SMILES string of the molecule is CCN1CCOC(c2noc(-c3cc(N)cc(N)c3)n2)C1. The second-order valence-electron chi connectivity index (χ2n) is 5.10. The monoisotopic (exact) mass is 289 g/mol. The van der Waals surface area contributed by atoms with Crippen LogP contribution in [0.3, 0.4) is 0 Å². The highest BCUT2D eigenvalue weighted by Gasteiger charge is 2.25. The first-order valence-corrected chi connectivity index (χ1v) is 6.99. The van der Waals surface area contributed by atoms with Gasteiger partial charge in [-0.05, 0) is 24.7 Å². The number of nitrogens with zero attached hydrogens (tertiary/aromatic N) is 3. The molecule has 2 aromatic rings. The number of ether oxygens (including phenoxy) is 1. The summed E-state index contributed by atoms with van der Waals surface area (Å²) in [6.07, 6.45) is -0.158. The minimum Gasteiger partial charge on any atom is -0.399 e. The highest BCUT2D eigenvalue weighted by atomic mass is 16.5. The van der Waals surface area contributed by atoms with E-state index < -0.39 is 0 Å². The average Bonchev–Trinajstić information content (AvgIpc) is 2.96. The first-order valence-electron chi connectivity index (χ1n) is 6.99. The van der Waals surface area contributed by atoms with Crippen molar-refractivity contribution >= 4 is 11.4 Å². The smallest absolute Gasteiger partial charge is 0.258 e. The van der Waals surface area contributed by atoms with Crippen molar-refractivity contribution in [1.82, 2.24) is 15.0 Å². The zero-order chi connectivity index (χ0) is 14.8. The van der Waals surface area contributed by atoms with E-state index in [1.54, 1.807) is 18.2 Å². The van der Waals surface area contributed by atoms with E-state index in [4.69, 9.17) is 20.7 Å². The molecule has 3 rings (SSSR count). The summed E-state index contributed by atoms with van der Waals surface area (Å²) in [6, 6.07) is 5.20. The number of aromatic nitrogens is 2. The third-order valence-electron chi connectivity index (χ3n) is 3.55. The minimum absolute atomic E-state index is 0.158. The lowest BCUT2D eigenvalue weighted by Crippen LogP contribution is -2.38. The minimum atomic E-state index is -0.158. The predicted octanol–water partition coefficient (Wildman–Crippen LogP) is 1.29. The number of benzene rings is 1. The molecule has 0 saturated carbocycles. The van der Waals surface area contributed by atoms with Gasteiger partial charge in [0.2, 0.25) is 5.82 Å². The Morgan fingerprint density at radius 3 is 2.76 bits per heavy atom. The molecule has 112 valence electrons. The maximum atomic E-state index is 5.78. The standard InChI is InChI=1S/C14H19N5O2/c1-2-19-3-4-20-12(8-19)13-17-14(21-18-13)9-5-10(15)7-11(16)6-9/h5-7,12H,2-4,8,15-16H2,1H3. The molecule has 1 unspecified atom stereocenters. The van der Waals surface area contributed by atoms with Crippen molar-refractivity contribution in [2.75, 3.05) is 37.7 Å². The molecular weight excluding hydrogens is 270 g/mol. The molecular formula is C14H19N5O2. The summed E-state index contributed by atoms with van der Waals surface area (Å²) < 4.78 is 11.0. The van der Waals surface area contributed by atoms with Crippen LogP contribution in [0.5, 0.6) is 0 Å². The summed E-state index contributed by atoms with van der Waals surface area (Å²) in [7, 11) is 0. The van der Waals surface area contributed by atoms with Crippen LogP contribution in [0.25, 0.3) is 11.5 Å². The van der Waals surface area contributed by atoms with Crippen LogP contribution in [0.4, 0.5) is 11.4 Å². The van der Waals surface area contributed by atoms with Crippen molar-refractivity contribution in [2.45, 2.75) is 13.0 Å². The van der Waals surface area contributed by atoms with E-state index in [1.165, 1.54) is 0 Å². The van der Waals surface area contributed by atoms with E-state index in [2.05, 4.69) is 22.0 Å². The molecule has 2 heterocycles. The molecule has 0 aliphatic carbocycles. The van der Waals surface area contributed by atoms with Crippen LogP contribution in [0, 0.1) is 0 Å². The summed E-state index contributed by atoms with van der Waals surface area (Å²) in [6.45, 7) is 5.49. The third kappa shape index (κ3) is 2.98. The number of anilines is 2. The lowest BCUT2D eigenvalue weighted by molar-refractivity contribution is -0.0334. The van der Waals surface area contributed by atoms with Gasteiger partial charge in [0.1, 0.15) is 6.10 Å². The van der Waals surface area contributed by atoms with E-state index in [9.17, 15) is 0 Å². The van der Waals surface area contributed by atoms with Crippen molar-refractivity contribution in [1.29, 1.82) is 0 Å². The number of hydrogen-bond donors (Lipinski definition) is 2. The molecule has 0 radical (unpaired) electrons. The van der Waals surface area contributed by atoms with Crippen LogP contribution in [0.1, 0.15) is 18.9 Å². The normalized spacial score (nSPS) is 19.8. The van der Waals surface area contributed by atoms with Gasteiger partial charge in [0.15, 0.2) is 0 Å². The van der Waals surface area contributed by atoms with Crippen molar-refractivity contribution in [3.63, 3.8) is 0 Å². The van der Waals surface area contributed by atoms with Crippen LogP contribution >= 0.6 is 0 Å². The maximum absolute atomic E-state index is 5.78. The average molecular weight is 289 g/mol. The molecule has 1 saturated heterocycles. The quantitative estimate of drug-likeness (QED) is 0.820. The molecule has 0 amide bonds. The van der Waals surface area contributed by atoms with Crippen LogP contribution in [0.15, 0.2) is 22.7 Å². The number of nitrogens with two attached hydrogens (primary N) is 2. The molecule has 1 aromatic carbocycles. The van der Waals surface area contributed by atoms with Gasteiger partial charge in [0.25, 0.3) is 5.89 Å². The topological polar surface area (TPSA) is 103 Å². The Morgan fingerprint density at radius 1 is 1.29 bits per heavy atom. The Hall–Kier alpha value is -2.12. The van der Waals surface area contributed by atoms with Gasteiger partial charge in [-0.3, -0.25) is 4.90 Å². The lowest BCUT2D eigenvalue weighted by Gasteiger charge is -2.30. The third-order valence-corrected chi connectivity index (χ3v) is 3.55. The van der Waals surface area contributed by atoms with Gasteiger partial charge in [0.05, 0.1) is 6.61 Å². The Bertz CT molecular complexity index is 607. The Kier molecular flexibility index (Phi) is 3.76. The van der Waals surface area contributed by atoms with E-state index >= 15 is 0 Å². The largest absolute Gasteiger partial charge is 0.399 e. The molecule has 1 fully saturated rings. The van der Waals surface area contributed by atoms with Gasteiger partial charge in [0, 0.05) is 30.0 Å². The zero-order valence-electron chi connectivity index (χ0n) is 12.0. The van der Waals surface area contributed by atoms with Crippen LogP contribution in [-0.4, -0.2) is 41.3 Å². The van der Waals surface area contributed by atoms with Gasteiger partial charge >= 0.3 is 0 Å². The summed E-state index contributed by atoms with van der Waals surface area (Å²) in [4.78, 5) is 6.71. The van der Waals surface area contributed by atoms with Crippen LogP contribution in [0.2, 0.25) is 0 Å². The fourth-order valence-corrected chi connectivity index (χ4v) is 2.43. The second kappa shape index (κ2) is 5.71. The summed E-state index contributed by atoms with van der Waals surface area (Å²) in [5, 5.41) is 4.02. The molecule has 1 aliphatic rings. The summed E-state index contributed by atoms with van der Waals surface area (Å²) in [5.41, 5.74) is 13.4. The number of likely N-dealkylation sites (N-methyl/N-ethyl adjacent to an activating group) is 1. The Balaban J connectivity index is 1.82. The molecule has 21 heavy (non-hydrogen) atoms. The van der Waals surface area contributed by atoms with Crippen molar-refractivity contribution in [3.05, 3.63) is 24.0 Å². The maximum Gasteiger partial charge on any atom is 0.258 e. The number of rotatable bonds is 3. The molecule has 4 N–H and O–H groups in total. The Morgan fingerprint density at radius 2 is 2.05 bits per heavy atom. The molecule has 0 spiro atoms. The molecule has 7 heteroatoms. The Labute approximate surface area is 122 Å². The van der Waals surface area contributed by atoms with Crippen LogP contribution in [-0.2, 0) is 4.74 Å². The molecule has 7 nitrogen and oxygen atoms in total. The highest BCUT2D eigenvalue weighted by Crippen LogP contribution is 2.26. The molecule has 1 aliphatic heterocycles. The van der Waals surface area contributed by atoms with E-state index in [0.29, 0.717) is 29.7 Å². The van der Waals surface area contributed by atoms with E-state index in [-0.39, 0.29) is 6.10 Å². The number of hydrogen-bond acceptors (Lipinski definition) is 7. The van der Waals surface area contributed by atoms with E-state index in [0.717, 1.165) is 25.2 Å². The van der Waals surface area contributed by atoms with Crippen molar-refractivity contribution < 1.29 is 9.26 Å². The number of morpholine rings is 1. The molecule has 0 bridgehead atoms. The summed E-state index contributed by atoms with van der Waals surface area (Å²) in [5.74, 6) is 0.963. The predicted molar refractivity (Wildman–Crippen MR) is 79.4 cm³/mol. The second-order valence-corrected chi connectivity index (χ2v) is 5.10. The van der Waals surface area contributed by atoms with E-state index in [1.807, 2.05) is 0 Å². The zero-order valence-corrected chi connectivity index (χ0v) is 12.0. The van der Waals surface area contributed by atoms with Gasteiger partial charge in [-0.15, -0.1) is 0 Å². The first kappa shape index (κ1) is 13.8. The van der Waals surface area contributed by atoms with Gasteiger partial charge in [-0.1, -0.05) is 12.1 Å². The fourth-order valence-electron chi connectivity index (χ4n) is 2.43. The highest BCUT2D eigenvalue weighted by molar-refractivity contribution is 5.67. The molecule has 1 aromatic heterocycles. The van der Waals surface area contributed by atoms with Gasteiger partial charge in [-0.25, -0.2) is 0 Å². The lowest BCUT2D eigenvalue weighted by atomic mass is 10.2. The first-order chi connectivity index (χ1) is 10.2. The van der Waals surface area contributed by atoms with Gasteiger partial charge in [-0.2, -0.15) is 4.98 Å². The van der Waals surface area contributed by atoms with Gasteiger partial charge < -0.3 is 20.7 Å². The van der Waals surface area contributed by atoms with Crippen LogP contribution < -0.4 is 11.5 Å². The fraction of sp³-hybridized carbons (Fsp3) is 0.429. The number of nitrogen functional groups attached to an aromatic ring is 2.